The molecule has 0 aliphatic rings. The minimum Gasteiger partial charge on any atom is -0.496 e. The minimum absolute atomic E-state index is 0.0239. The number of amides is 1. The lowest BCUT2D eigenvalue weighted by Crippen LogP contribution is -2.18. The first-order chi connectivity index (χ1) is 14.8. The van der Waals surface area contributed by atoms with Gasteiger partial charge < -0.3 is 8.92 Å². The Morgan fingerprint density at radius 3 is 2.29 bits per heavy atom. The van der Waals surface area contributed by atoms with E-state index in [0.29, 0.717) is 20.3 Å². The Hall–Kier alpha value is -2.69. The highest BCUT2D eigenvalue weighted by atomic mass is 79.9. The van der Waals surface area contributed by atoms with Crippen LogP contribution in [-0.4, -0.2) is 27.6 Å². The van der Waals surface area contributed by atoms with E-state index in [2.05, 4.69) is 42.4 Å². The molecule has 0 saturated heterocycles. The van der Waals surface area contributed by atoms with Gasteiger partial charge in [0.1, 0.15) is 10.6 Å². The van der Waals surface area contributed by atoms with Crippen molar-refractivity contribution in [2.45, 2.75) is 4.90 Å². The Bertz CT molecular complexity index is 1230. The predicted molar refractivity (Wildman–Crippen MR) is 124 cm³/mol. The van der Waals surface area contributed by atoms with Crippen LogP contribution in [0.3, 0.4) is 0 Å². The fraction of sp³-hybridized carbons (Fsp3) is 0.0476. The number of methoxy groups -OCH3 is 1. The molecule has 0 fully saturated rings. The predicted octanol–water partition coefficient (Wildman–Crippen LogP) is 4.75. The lowest BCUT2D eigenvalue weighted by Gasteiger charge is -2.10. The van der Waals surface area contributed by atoms with E-state index in [1.165, 1.54) is 31.5 Å². The van der Waals surface area contributed by atoms with Crippen molar-refractivity contribution in [1.29, 1.82) is 0 Å². The number of nitrogens with one attached hydrogen (secondary N) is 1. The second kappa shape index (κ2) is 10.1. The number of nitrogens with zero attached hydrogens (tertiary/aromatic N) is 1. The van der Waals surface area contributed by atoms with Gasteiger partial charge in [-0.05, 0) is 48.5 Å². The van der Waals surface area contributed by atoms with Gasteiger partial charge in [-0.15, -0.1) is 0 Å². The molecule has 0 atom stereocenters. The molecule has 31 heavy (non-hydrogen) atoms. The number of halogens is 2. The van der Waals surface area contributed by atoms with Gasteiger partial charge in [-0.2, -0.15) is 13.5 Å². The summed E-state index contributed by atoms with van der Waals surface area (Å²) in [7, 11) is -2.57. The van der Waals surface area contributed by atoms with Crippen LogP contribution in [-0.2, 0) is 10.1 Å². The second-order valence-corrected chi connectivity index (χ2v) is 9.45. The maximum Gasteiger partial charge on any atom is 0.339 e. The molecular weight excluding hydrogens is 552 g/mol. The number of carbonyl (C=O) groups is 1. The van der Waals surface area contributed by atoms with Gasteiger partial charge >= 0.3 is 10.1 Å². The lowest BCUT2D eigenvalue weighted by atomic mass is 10.2. The van der Waals surface area contributed by atoms with E-state index < -0.39 is 16.0 Å². The zero-order chi connectivity index (χ0) is 22.4. The van der Waals surface area contributed by atoms with E-state index in [1.54, 1.807) is 48.5 Å². The summed E-state index contributed by atoms with van der Waals surface area (Å²) in [6.45, 7) is 0. The van der Waals surface area contributed by atoms with Crippen LogP contribution in [0.2, 0.25) is 0 Å². The number of hydrazone groups is 1. The van der Waals surface area contributed by atoms with Crippen LogP contribution in [0.25, 0.3) is 0 Å². The van der Waals surface area contributed by atoms with E-state index in [9.17, 15) is 13.2 Å². The molecule has 0 bridgehead atoms. The number of hydrogen-bond acceptors (Lipinski definition) is 6. The van der Waals surface area contributed by atoms with E-state index in [-0.39, 0.29) is 16.2 Å². The molecule has 0 aliphatic heterocycles. The molecule has 7 nitrogen and oxygen atoms in total. The zero-order valence-electron chi connectivity index (χ0n) is 16.1. The number of carbonyl (C=O) groups excluding carboxylic acids is 1. The van der Waals surface area contributed by atoms with Crippen LogP contribution in [0.4, 0.5) is 0 Å². The fourth-order valence-electron chi connectivity index (χ4n) is 2.53. The van der Waals surface area contributed by atoms with E-state index in [0.717, 1.165) is 0 Å². The standard InChI is InChI=1S/C21H16Br2N2O5S/c1-29-20-10-8-16(23)12-18(20)21(26)25-24-13-14-11-15(22)7-9-19(14)30-31(27,28)17-5-3-2-4-6-17/h2-13H,1H3,(H,25,26)/b24-13-. The topological polar surface area (TPSA) is 94.1 Å². The van der Waals surface area contributed by atoms with Crippen molar-refractivity contribution in [2.75, 3.05) is 7.11 Å². The number of hydrogen-bond donors (Lipinski definition) is 1. The van der Waals surface area contributed by atoms with Crippen molar-refractivity contribution in [2.24, 2.45) is 5.10 Å². The number of benzene rings is 3. The summed E-state index contributed by atoms with van der Waals surface area (Å²) in [5.74, 6) is -0.0507. The summed E-state index contributed by atoms with van der Waals surface area (Å²) < 4.78 is 36.9. The molecule has 0 aliphatic carbocycles. The summed E-state index contributed by atoms with van der Waals surface area (Å²) in [4.78, 5) is 12.5. The van der Waals surface area contributed by atoms with E-state index in [1.807, 2.05) is 0 Å². The van der Waals surface area contributed by atoms with E-state index >= 15 is 0 Å². The Morgan fingerprint density at radius 2 is 1.61 bits per heavy atom. The third-order valence-corrected chi connectivity index (χ3v) is 6.21. The maximum absolute atomic E-state index is 12.5. The van der Waals surface area contributed by atoms with Crippen LogP contribution in [0.5, 0.6) is 11.5 Å². The smallest absolute Gasteiger partial charge is 0.339 e. The van der Waals surface area contributed by atoms with Crippen molar-refractivity contribution >= 4 is 54.1 Å². The van der Waals surface area contributed by atoms with Gasteiger partial charge in [-0.1, -0.05) is 50.1 Å². The van der Waals surface area contributed by atoms with Crippen LogP contribution < -0.4 is 14.3 Å². The molecule has 1 N–H and O–H groups in total. The molecule has 3 rings (SSSR count). The lowest BCUT2D eigenvalue weighted by molar-refractivity contribution is 0.0952. The first-order valence-electron chi connectivity index (χ1n) is 8.76. The highest BCUT2D eigenvalue weighted by molar-refractivity contribution is 9.10. The van der Waals surface area contributed by atoms with Crippen molar-refractivity contribution in [3.8, 4) is 11.5 Å². The summed E-state index contributed by atoms with van der Waals surface area (Å²) in [6, 6.07) is 17.5. The van der Waals surface area contributed by atoms with Crippen molar-refractivity contribution in [1.82, 2.24) is 5.43 Å². The molecule has 1 amide bonds. The van der Waals surface area contributed by atoms with Crippen LogP contribution >= 0.6 is 31.9 Å². The average molecular weight is 568 g/mol. The number of ether oxygens (including phenoxy) is 1. The van der Waals surface area contributed by atoms with Gasteiger partial charge in [0.2, 0.25) is 0 Å². The Labute approximate surface area is 196 Å². The largest absolute Gasteiger partial charge is 0.496 e. The number of rotatable bonds is 7. The molecule has 160 valence electrons. The molecule has 0 unspecified atom stereocenters. The third kappa shape index (κ3) is 5.93. The first-order valence-corrected chi connectivity index (χ1v) is 11.8. The Balaban J connectivity index is 1.82. The molecule has 0 spiro atoms. The van der Waals surface area contributed by atoms with Crippen LogP contribution in [0.1, 0.15) is 15.9 Å². The highest BCUT2D eigenvalue weighted by Crippen LogP contribution is 2.26. The van der Waals surface area contributed by atoms with Crippen LogP contribution in [0, 0.1) is 0 Å². The van der Waals surface area contributed by atoms with Crippen molar-refractivity contribution < 1.29 is 22.1 Å². The maximum atomic E-state index is 12.5. The average Bonchev–Trinajstić information content (AvgIpc) is 2.76. The molecule has 10 heteroatoms. The first kappa shape index (κ1) is 23.0. The van der Waals surface area contributed by atoms with Gasteiger partial charge in [-0.3, -0.25) is 4.79 Å². The molecule has 3 aromatic rings. The zero-order valence-corrected chi connectivity index (χ0v) is 20.1. The summed E-state index contributed by atoms with van der Waals surface area (Å²) in [6.07, 6.45) is 1.29. The Morgan fingerprint density at radius 1 is 0.968 bits per heavy atom. The molecule has 0 radical (unpaired) electrons. The molecule has 0 saturated carbocycles. The highest BCUT2D eigenvalue weighted by Gasteiger charge is 2.18. The van der Waals surface area contributed by atoms with Gasteiger partial charge in [0, 0.05) is 14.5 Å². The second-order valence-electron chi connectivity index (χ2n) is 6.08. The van der Waals surface area contributed by atoms with E-state index in [4.69, 9.17) is 8.92 Å². The summed E-state index contributed by atoms with van der Waals surface area (Å²) in [5.41, 5.74) is 3.03. The fourth-order valence-corrected chi connectivity index (χ4v) is 4.24. The molecule has 0 heterocycles. The van der Waals surface area contributed by atoms with Gasteiger partial charge in [0.25, 0.3) is 5.91 Å². The summed E-state index contributed by atoms with van der Waals surface area (Å²) >= 11 is 6.64. The SMILES string of the molecule is COc1ccc(Br)cc1C(=O)N/N=C\c1cc(Br)ccc1OS(=O)(=O)c1ccccc1. The van der Waals surface area contributed by atoms with Gasteiger partial charge in [0.15, 0.2) is 5.75 Å². The summed E-state index contributed by atoms with van der Waals surface area (Å²) in [5, 5.41) is 3.94. The molecule has 0 aromatic heterocycles. The Kier molecular flexibility index (Phi) is 7.47. The normalized spacial score (nSPS) is 11.3. The molecular formula is C21H16Br2N2O5S. The minimum atomic E-state index is -4.03. The van der Waals surface area contributed by atoms with Crippen LogP contribution in [0.15, 0.2) is 85.7 Å². The third-order valence-electron chi connectivity index (χ3n) is 3.98. The monoisotopic (exact) mass is 566 g/mol. The van der Waals surface area contributed by atoms with Gasteiger partial charge in [-0.25, -0.2) is 5.43 Å². The quantitative estimate of drug-likeness (QED) is 0.252. The molecule has 3 aromatic carbocycles. The van der Waals surface area contributed by atoms with Crippen molar-refractivity contribution in [3.05, 3.63) is 86.8 Å². The van der Waals surface area contributed by atoms with Gasteiger partial charge in [0.05, 0.1) is 18.9 Å². The van der Waals surface area contributed by atoms with Crippen molar-refractivity contribution in [3.63, 3.8) is 0 Å².